The van der Waals surface area contributed by atoms with Gasteiger partial charge in [0.1, 0.15) is 17.3 Å². The molecule has 0 amide bonds. The Hall–Kier alpha value is -3.66. The van der Waals surface area contributed by atoms with E-state index in [9.17, 15) is 9.18 Å². The van der Waals surface area contributed by atoms with E-state index in [1.807, 2.05) is 61.5 Å². The number of carbonyl (C=O) groups excluding carboxylic acids is 1. The molecule has 156 valence electrons. The molecular weight excluding hydrogens is 391 g/mol. The van der Waals surface area contributed by atoms with Crippen molar-refractivity contribution in [2.45, 2.75) is 19.8 Å². The Labute approximate surface area is 181 Å². The van der Waals surface area contributed by atoms with Gasteiger partial charge in [0.2, 0.25) is 0 Å². The number of carbonyl (C=O) groups is 1. The average molecular weight is 414 g/mol. The molecule has 4 aromatic rings. The first kappa shape index (κ1) is 20.6. The molecule has 0 saturated carbocycles. The van der Waals surface area contributed by atoms with Crippen LogP contribution in [0.4, 0.5) is 4.39 Å². The van der Waals surface area contributed by atoms with E-state index in [2.05, 4.69) is 0 Å². The Morgan fingerprint density at radius 2 is 1.42 bits per heavy atom. The fourth-order valence-corrected chi connectivity index (χ4v) is 3.55. The molecule has 0 N–H and O–H groups in total. The minimum atomic E-state index is -0.288. The van der Waals surface area contributed by atoms with E-state index in [1.165, 1.54) is 6.07 Å². The van der Waals surface area contributed by atoms with Crippen LogP contribution in [0.1, 0.15) is 19.8 Å². The van der Waals surface area contributed by atoms with Gasteiger partial charge in [-0.3, -0.25) is 4.79 Å². The fraction of sp³-hybridized carbons (Fsp3) is 0.148. The Morgan fingerprint density at radius 3 is 2.13 bits per heavy atom. The summed E-state index contributed by atoms with van der Waals surface area (Å²) in [6.07, 6.45) is 1.13. The van der Waals surface area contributed by atoms with Gasteiger partial charge in [-0.15, -0.1) is 0 Å². The number of hydrogen-bond acceptors (Lipinski definition) is 3. The Kier molecular flexibility index (Phi) is 5.99. The van der Waals surface area contributed by atoms with Crippen LogP contribution in [0.2, 0.25) is 0 Å². The molecule has 0 aliphatic rings. The quantitative estimate of drug-likeness (QED) is 0.251. The lowest BCUT2D eigenvalue weighted by molar-refractivity contribution is -0.134. The summed E-state index contributed by atoms with van der Waals surface area (Å²) >= 11 is 0. The molecule has 3 nitrogen and oxygen atoms in total. The van der Waals surface area contributed by atoms with Gasteiger partial charge in [-0.2, -0.15) is 0 Å². The van der Waals surface area contributed by atoms with Crippen molar-refractivity contribution in [1.29, 1.82) is 0 Å². The number of ether oxygens (including phenoxy) is 2. The van der Waals surface area contributed by atoms with E-state index in [1.54, 1.807) is 25.3 Å². The molecule has 0 aliphatic heterocycles. The van der Waals surface area contributed by atoms with Gasteiger partial charge in [0.05, 0.1) is 7.11 Å². The molecule has 0 spiro atoms. The highest BCUT2D eigenvalue weighted by molar-refractivity contribution is 5.88. The van der Waals surface area contributed by atoms with Gasteiger partial charge in [0, 0.05) is 12.0 Å². The second kappa shape index (κ2) is 9.00. The number of benzene rings is 4. The highest BCUT2D eigenvalue weighted by Crippen LogP contribution is 2.31. The van der Waals surface area contributed by atoms with Gasteiger partial charge in [0.25, 0.3) is 0 Å². The second-order valence-corrected chi connectivity index (χ2v) is 7.37. The summed E-state index contributed by atoms with van der Waals surface area (Å²) in [5.74, 6) is 0.748. The van der Waals surface area contributed by atoms with Crippen LogP contribution < -0.4 is 9.47 Å². The normalized spacial score (nSPS) is 10.8. The van der Waals surface area contributed by atoms with Crippen LogP contribution in [0.3, 0.4) is 0 Å². The standard InChI is InChI=1S/C27H23FO3/c1-3-4-27(29)31-23-11-7-18(8-12-23)21-10-14-25(26(28)17-21)22-6-5-20-16-24(30-2)13-9-19(20)15-22/h5-17H,3-4H2,1-2H3. The molecule has 4 aromatic carbocycles. The third-order valence-corrected chi connectivity index (χ3v) is 5.20. The monoisotopic (exact) mass is 414 g/mol. The first-order valence-electron chi connectivity index (χ1n) is 10.3. The predicted octanol–water partition coefficient (Wildman–Crippen LogP) is 7.03. The molecule has 0 unspecified atom stereocenters. The molecule has 0 aromatic heterocycles. The molecule has 0 saturated heterocycles. The van der Waals surface area contributed by atoms with Gasteiger partial charge in [0.15, 0.2) is 0 Å². The van der Waals surface area contributed by atoms with Crippen LogP contribution in [0.25, 0.3) is 33.0 Å². The number of methoxy groups -OCH3 is 1. The molecular formula is C27H23FO3. The van der Waals surface area contributed by atoms with E-state index in [0.717, 1.165) is 39.6 Å². The summed E-state index contributed by atoms with van der Waals surface area (Å²) in [5, 5.41) is 2.06. The van der Waals surface area contributed by atoms with Crippen molar-refractivity contribution in [2.75, 3.05) is 7.11 Å². The van der Waals surface area contributed by atoms with Crippen molar-refractivity contribution in [3.05, 3.63) is 84.7 Å². The Bertz CT molecular complexity index is 1230. The first-order chi connectivity index (χ1) is 15.1. The van der Waals surface area contributed by atoms with E-state index >= 15 is 0 Å². The van der Waals surface area contributed by atoms with Crippen molar-refractivity contribution in [2.24, 2.45) is 0 Å². The second-order valence-electron chi connectivity index (χ2n) is 7.37. The maximum Gasteiger partial charge on any atom is 0.311 e. The Balaban J connectivity index is 1.58. The lowest BCUT2D eigenvalue weighted by Gasteiger charge is -2.10. The summed E-state index contributed by atoms with van der Waals surface area (Å²) < 4.78 is 25.5. The van der Waals surface area contributed by atoms with Crippen molar-refractivity contribution >= 4 is 16.7 Å². The van der Waals surface area contributed by atoms with E-state index in [0.29, 0.717) is 17.7 Å². The van der Waals surface area contributed by atoms with Gasteiger partial charge in [-0.1, -0.05) is 49.4 Å². The van der Waals surface area contributed by atoms with Gasteiger partial charge >= 0.3 is 5.97 Å². The minimum absolute atomic E-state index is 0.250. The van der Waals surface area contributed by atoms with Gasteiger partial charge in [-0.25, -0.2) is 4.39 Å². The number of hydrogen-bond donors (Lipinski definition) is 0. The number of esters is 1. The number of fused-ring (bicyclic) bond motifs is 1. The van der Waals surface area contributed by atoms with E-state index in [4.69, 9.17) is 9.47 Å². The molecule has 0 bridgehead atoms. The van der Waals surface area contributed by atoms with Crippen LogP contribution in [-0.4, -0.2) is 13.1 Å². The molecule has 0 atom stereocenters. The molecule has 4 rings (SSSR count). The zero-order valence-corrected chi connectivity index (χ0v) is 17.5. The molecule has 31 heavy (non-hydrogen) atoms. The first-order valence-corrected chi connectivity index (χ1v) is 10.3. The minimum Gasteiger partial charge on any atom is -0.497 e. The van der Waals surface area contributed by atoms with E-state index in [-0.39, 0.29) is 11.8 Å². The summed E-state index contributed by atoms with van der Waals surface area (Å²) in [6.45, 7) is 1.93. The number of rotatable bonds is 6. The lowest BCUT2D eigenvalue weighted by atomic mass is 9.97. The third-order valence-electron chi connectivity index (χ3n) is 5.20. The summed E-state index contributed by atoms with van der Waals surface area (Å²) in [4.78, 5) is 11.6. The third kappa shape index (κ3) is 4.58. The molecule has 0 radical (unpaired) electrons. The summed E-state index contributed by atoms with van der Waals surface area (Å²) in [7, 11) is 1.64. The van der Waals surface area contributed by atoms with Crippen LogP contribution in [0.5, 0.6) is 11.5 Å². The zero-order chi connectivity index (χ0) is 21.8. The maximum absolute atomic E-state index is 15.0. The van der Waals surface area contributed by atoms with Crippen molar-refractivity contribution in [3.8, 4) is 33.8 Å². The largest absolute Gasteiger partial charge is 0.497 e. The topological polar surface area (TPSA) is 35.5 Å². The highest BCUT2D eigenvalue weighted by atomic mass is 19.1. The summed E-state index contributed by atoms with van der Waals surface area (Å²) in [5.41, 5.74) is 2.98. The fourth-order valence-electron chi connectivity index (χ4n) is 3.55. The predicted molar refractivity (Wildman–Crippen MR) is 122 cm³/mol. The van der Waals surface area contributed by atoms with Crippen LogP contribution in [0.15, 0.2) is 78.9 Å². The number of halogens is 1. The molecule has 0 heterocycles. The SMILES string of the molecule is CCCC(=O)Oc1ccc(-c2ccc(-c3ccc4cc(OC)ccc4c3)c(F)c2)cc1. The summed E-state index contributed by atoms with van der Waals surface area (Å²) in [6, 6.07) is 24.0. The lowest BCUT2D eigenvalue weighted by Crippen LogP contribution is -2.06. The van der Waals surface area contributed by atoms with Gasteiger partial charge in [-0.05, 0) is 70.3 Å². The molecule has 0 fully saturated rings. The molecule has 4 heteroatoms. The van der Waals surface area contributed by atoms with E-state index < -0.39 is 0 Å². The maximum atomic E-state index is 15.0. The highest BCUT2D eigenvalue weighted by Gasteiger charge is 2.10. The smallest absolute Gasteiger partial charge is 0.311 e. The van der Waals surface area contributed by atoms with Gasteiger partial charge < -0.3 is 9.47 Å². The zero-order valence-electron chi connectivity index (χ0n) is 17.5. The van der Waals surface area contributed by atoms with Crippen molar-refractivity contribution < 1.29 is 18.7 Å². The van der Waals surface area contributed by atoms with Crippen molar-refractivity contribution in [1.82, 2.24) is 0 Å². The molecule has 0 aliphatic carbocycles. The van der Waals surface area contributed by atoms with Crippen LogP contribution in [0, 0.1) is 5.82 Å². The van der Waals surface area contributed by atoms with Crippen LogP contribution in [-0.2, 0) is 4.79 Å². The average Bonchev–Trinajstić information content (AvgIpc) is 2.79. The van der Waals surface area contributed by atoms with Crippen molar-refractivity contribution in [3.63, 3.8) is 0 Å². The Morgan fingerprint density at radius 1 is 0.774 bits per heavy atom. The van der Waals surface area contributed by atoms with Crippen LogP contribution >= 0.6 is 0 Å².